The maximum absolute atomic E-state index is 12.7. The van der Waals surface area contributed by atoms with E-state index in [4.69, 9.17) is 4.74 Å². The zero-order chi connectivity index (χ0) is 15.8. The van der Waals surface area contributed by atoms with Gasteiger partial charge in [-0.05, 0) is 33.6 Å². The first-order chi connectivity index (χ1) is 9.69. The van der Waals surface area contributed by atoms with E-state index in [1.165, 1.54) is 0 Å². The molecule has 2 atom stereocenters. The van der Waals surface area contributed by atoms with Crippen molar-refractivity contribution in [2.45, 2.75) is 52.2 Å². The smallest absolute Gasteiger partial charge is 0.320 e. The van der Waals surface area contributed by atoms with Gasteiger partial charge in [0.05, 0.1) is 23.7 Å². The highest BCUT2D eigenvalue weighted by atomic mass is 16.5. The number of nitrogens with zero attached hydrogens (tertiary/aromatic N) is 2. The van der Waals surface area contributed by atoms with Crippen LogP contribution >= 0.6 is 0 Å². The van der Waals surface area contributed by atoms with Crippen molar-refractivity contribution in [2.75, 3.05) is 26.2 Å². The maximum Gasteiger partial charge on any atom is 0.320 e. The van der Waals surface area contributed by atoms with Gasteiger partial charge in [-0.15, -0.1) is 0 Å². The van der Waals surface area contributed by atoms with Gasteiger partial charge in [0, 0.05) is 19.6 Å². The molecule has 0 aromatic rings. The third kappa shape index (κ3) is 3.15. The van der Waals surface area contributed by atoms with E-state index in [2.05, 4.69) is 0 Å². The SMILES string of the molecule is CCC1(C(=O)O)CCN(C(=O)N2CC(C)OC(C)(C)C2)C1. The molecule has 0 aromatic heterocycles. The summed E-state index contributed by atoms with van der Waals surface area (Å²) in [6.07, 6.45) is 1.08. The Kier molecular flexibility index (Phi) is 4.19. The van der Waals surface area contributed by atoms with Gasteiger partial charge < -0.3 is 19.6 Å². The number of likely N-dealkylation sites (tertiary alicyclic amines) is 1. The molecular weight excluding hydrogens is 272 g/mol. The summed E-state index contributed by atoms with van der Waals surface area (Å²) in [6, 6.07) is -0.0604. The minimum absolute atomic E-state index is 0.00397. The van der Waals surface area contributed by atoms with Crippen LogP contribution in [0.3, 0.4) is 0 Å². The molecule has 6 nitrogen and oxygen atoms in total. The lowest BCUT2D eigenvalue weighted by atomic mass is 9.84. The Morgan fingerprint density at radius 3 is 2.43 bits per heavy atom. The molecule has 2 saturated heterocycles. The van der Waals surface area contributed by atoms with Gasteiger partial charge >= 0.3 is 12.0 Å². The quantitative estimate of drug-likeness (QED) is 0.844. The molecule has 1 N–H and O–H groups in total. The zero-order valence-electron chi connectivity index (χ0n) is 13.4. The maximum atomic E-state index is 12.7. The van der Waals surface area contributed by atoms with Gasteiger partial charge in [-0.2, -0.15) is 0 Å². The predicted molar refractivity (Wildman–Crippen MR) is 78.1 cm³/mol. The summed E-state index contributed by atoms with van der Waals surface area (Å²) in [5.74, 6) is -0.795. The topological polar surface area (TPSA) is 70.1 Å². The average molecular weight is 298 g/mol. The average Bonchev–Trinajstić information content (AvgIpc) is 2.81. The fraction of sp³-hybridized carbons (Fsp3) is 0.867. The molecule has 2 unspecified atom stereocenters. The van der Waals surface area contributed by atoms with Gasteiger partial charge in [0.1, 0.15) is 0 Å². The molecule has 0 spiro atoms. The molecule has 120 valence electrons. The molecule has 21 heavy (non-hydrogen) atoms. The van der Waals surface area contributed by atoms with Gasteiger partial charge in [-0.1, -0.05) is 6.92 Å². The van der Waals surface area contributed by atoms with Crippen molar-refractivity contribution in [1.82, 2.24) is 9.80 Å². The van der Waals surface area contributed by atoms with Crippen molar-refractivity contribution >= 4 is 12.0 Å². The van der Waals surface area contributed by atoms with Crippen LogP contribution in [0.1, 0.15) is 40.5 Å². The number of hydrogen-bond donors (Lipinski definition) is 1. The molecule has 6 heteroatoms. The normalized spacial score (nSPS) is 32.3. The minimum Gasteiger partial charge on any atom is -0.481 e. The summed E-state index contributed by atoms with van der Waals surface area (Å²) < 4.78 is 5.81. The monoisotopic (exact) mass is 298 g/mol. The second-order valence-corrected chi connectivity index (χ2v) is 6.96. The highest BCUT2D eigenvalue weighted by Gasteiger charge is 2.46. The Hall–Kier alpha value is -1.30. The molecule has 0 aromatic carbocycles. The number of carboxylic acids is 1. The standard InChI is InChI=1S/C15H26N2O4/c1-5-15(12(18)19)6-7-16(10-15)13(20)17-8-11(2)21-14(3,4)9-17/h11H,5-10H2,1-4H3,(H,18,19). The summed E-state index contributed by atoms with van der Waals surface area (Å²) in [6.45, 7) is 9.71. The summed E-state index contributed by atoms with van der Waals surface area (Å²) in [5, 5.41) is 9.43. The van der Waals surface area contributed by atoms with Gasteiger partial charge in [0.25, 0.3) is 0 Å². The van der Waals surface area contributed by atoms with Crippen molar-refractivity contribution in [1.29, 1.82) is 0 Å². The van der Waals surface area contributed by atoms with Crippen molar-refractivity contribution in [3.63, 3.8) is 0 Å². The highest BCUT2D eigenvalue weighted by Crippen LogP contribution is 2.35. The molecule has 0 saturated carbocycles. The minimum atomic E-state index is -0.795. The van der Waals surface area contributed by atoms with Crippen LogP contribution in [0.15, 0.2) is 0 Å². The van der Waals surface area contributed by atoms with Crippen molar-refractivity contribution < 1.29 is 19.4 Å². The predicted octanol–water partition coefficient (Wildman–Crippen LogP) is 1.79. The lowest BCUT2D eigenvalue weighted by Crippen LogP contribution is -2.56. The number of hydrogen-bond acceptors (Lipinski definition) is 3. The molecule has 2 amide bonds. The van der Waals surface area contributed by atoms with Crippen LogP contribution in [0.25, 0.3) is 0 Å². The van der Waals surface area contributed by atoms with E-state index in [9.17, 15) is 14.7 Å². The first-order valence-corrected chi connectivity index (χ1v) is 7.64. The molecule has 0 bridgehead atoms. The van der Waals surface area contributed by atoms with E-state index in [1.54, 1.807) is 9.80 Å². The Labute approximate surface area is 126 Å². The van der Waals surface area contributed by atoms with Gasteiger partial charge in [0.15, 0.2) is 0 Å². The number of amides is 2. The molecular formula is C15H26N2O4. The van der Waals surface area contributed by atoms with Crippen LogP contribution in [0, 0.1) is 5.41 Å². The van der Waals surface area contributed by atoms with Gasteiger partial charge in [-0.25, -0.2) is 4.79 Å². The van der Waals surface area contributed by atoms with Crippen molar-refractivity contribution in [3.05, 3.63) is 0 Å². The molecule has 2 fully saturated rings. The summed E-state index contributed by atoms with van der Waals surface area (Å²) in [5.41, 5.74) is -1.13. The Morgan fingerprint density at radius 1 is 1.29 bits per heavy atom. The molecule has 2 aliphatic rings. The Morgan fingerprint density at radius 2 is 1.95 bits per heavy atom. The molecule has 2 heterocycles. The van der Waals surface area contributed by atoms with Crippen LogP contribution in [0.2, 0.25) is 0 Å². The molecule has 0 aliphatic carbocycles. The van der Waals surface area contributed by atoms with E-state index in [0.717, 1.165) is 0 Å². The fourth-order valence-corrected chi connectivity index (χ4v) is 3.45. The first kappa shape index (κ1) is 16.1. The number of urea groups is 1. The number of rotatable bonds is 2. The highest BCUT2D eigenvalue weighted by molar-refractivity contribution is 5.80. The number of carbonyl (C=O) groups is 2. The van der Waals surface area contributed by atoms with E-state index in [1.807, 2.05) is 27.7 Å². The summed E-state index contributed by atoms with van der Waals surface area (Å²) in [7, 11) is 0. The zero-order valence-corrected chi connectivity index (χ0v) is 13.4. The number of ether oxygens (including phenoxy) is 1. The second kappa shape index (κ2) is 5.48. The Bertz CT molecular complexity index is 437. The second-order valence-electron chi connectivity index (χ2n) is 6.96. The van der Waals surface area contributed by atoms with Crippen LogP contribution in [-0.4, -0.2) is 64.8 Å². The van der Waals surface area contributed by atoms with E-state index in [0.29, 0.717) is 39.0 Å². The third-order valence-corrected chi connectivity index (χ3v) is 4.59. The van der Waals surface area contributed by atoms with Crippen LogP contribution < -0.4 is 0 Å². The van der Waals surface area contributed by atoms with Crippen LogP contribution in [-0.2, 0) is 9.53 Å². The summed E-state index contributed by atoms with van der Waals surface area (Å²) >= 11 is 0. The van der Waals surface area contributed by atoms with Gasteiger partial charge in [-0.3, -0.25) is 4.79 Å². The third-order valence-electron chi connectivity index (χ3n) is 4.59. The Balaban J connectivity index is 2.06. The van der Waals surface area contributed by atoms with E-state index >= 15 is 0 Å². The van der Waals surface area contributed by atoms with Crippen molar-refractivity contribution in [2.24, 2.45) is 5.41 Å². The largest absolute Gasteiger partial charge is 0.481 e. The number of morpholine rings is 1. The summed E-state index contributed by atoms with van der Waals surface area (Å²) in [4.78, 5) is 27.6. The fourth-order valence-electron chi connectivity index (χ4n) is 3.45. The first-order valence-electron chi connectivity index (χ1n) is 7.64. The molecule has 2 aliphatic heterocycles. The number of carbonyl (C=O) groups excluding carboxylic acids is 1. The number of carboxylic acid groups (broad SMARTS) is 1. The number of aliphatic carboxylic acids is 1. The lowest BCUT2D eigenvalue weighted by Gasteiger charge is -2.43. The van der Waals surface area contributed by atoms with Crippen LogP contribution in [0.5, 0.6) is 0 Å². The lowest BCUT2D eigenvalue weighted by molar-refractivity contribution is -0.148. The van der Waals surface area contributed by atoms with Crippen molar-refractivity contribution in [3.8, 4) is 0 Å². The molecule has 2 rings (SSSR count). The van der Waals surface area contributed by atoms with Crippen LogP contribution in [0.4, 0.5) is 4.79 Å². The van der Waals surface area contributed by atoms with E-state index < -0.39 is 11.4 Å². The van der Waals surface area contributed by atoms with E-state index in [-0.39, 0.29) is 17.7 Å². The van der Waals surface area contributed by atoms with Gasteiger partial charge in [0.2, 0.25) is 0 Å². The molecule has 0 radical (unpaired) electrons.